The number of nitrogens with one attached hydrogen (secondary N) is 1. The van der Waals surface area contributed by atoms with Gasteiger partial charge in [0.25, 0.3) is 11.8 Å². The molecule has 0 aromatic heterocycles. The molecule has 4 rings (SSSR count). The van der Waals surface area contributed by atoms with Gasteiger partial charge in [-0.15, -0.1) is 0 Å². The minimum atomic E-state index is -0.339. The fourth-order valence-electron chi connectivity index (χ4n) is 2.94. The third-order valence-corrected chi connectivity index (χ3v) is 3.86. The van der Waals surface area contributed by atoms with Crippen LogP contribution in [0.4, 0.5) is 0 Å². The maximum absolute atomic E-state index is 11.7. The molecule has 1 aliphatic heterocycles. The van der Waals surface area contributed by atoms with Crippen molar-refractivity contribution < 1.29 is 9.59 Å². The Balaban J connectivity index is 1.82. The molecule has 1 N–H and O–H groups in total. The molecule has 1 aliphatic carbocycles. The summed E-state index contributed by atoms with van der Waals surface area (Å²) in [6.45, 7) is 0. The number of hydrogen-bond acceptors (Lipinski definition) is 2. The molecule has 2 amide bonds. The van der Waals surface area contributed by atoms with Gasteiger partial charge in [-0.1, -0.05) is 36.4 Å². The van der Waals surface area contributed by atoms with Gasteiger partial charge < -0.3 is 0 Å². The van der Waals surface area contributed by atoms with Gasteiger partial charge in [-0.3, -0.25) is 14.9 Å². The SMILES string of the molecule is O=C1C=C(c2ccc3c(c2)Cc2ccccc2-3)C(=O)N1. The molecule has 2 aliphatic rings. The lowest BCUT2D eigenvalue weighted by Crippen LogP contribution is -2.21. The van der Waals surface area contributed by atoms with Gasteiger partial charge in [-0.25, -0.2) is 0 Å². The Hall–Kier alpha value is -2.68. The molecule has 0 atom stereocenters. The average molecular weight is 261 g/mol. The summed E-state index contributed by atoms with van der Waals surface area (Å²) in [5.74, 6) is -0.653. The van der Waals surface area contributed by atoms with Crippen LogP contribution in [-0.2, 0) is 16.0 Å². The van der Waals surface area contributed by atoms with Crippen LogP contribution in [0.3, 0.4) is 0 Å². The van der Waals surface area contributed by atoms with E-state index in [2.05, 4.69) is 17.4 Å². The third-order valence-electron chi connectivity index (χ3n) is 3.86. The van der Waals surface area contributed by atoms with E-state index >= 15 is 0 Å². The van der Waals surface area contributed by atoms with Crippen molar-refractivity contribution in [3.05, 3.63) is 65.2 Å². The number of carbonyl (C=O) groups excluding carboxylic acids is 2. The van der Waals surface area contributed by atoms with Crippen molar-refractivity contribution >= 4 is 17.4 Å². The lowest BCUT2D eigenvalue weighted by atomic mass is 9.99. The van der Waals surface area contributed by atoms with Crippen molar-refractivity contribution in [3.8, 4) is 11.1 Å². The van der Waals surface area contributed by atoms with E-state index in [4.69, 9.17) is 0 Å². The van der Waals surface area contributed by atoms with E-state index in [1.165, 1.54) is 28.3 Å². The van der Waals surface area contributed by atoms with Crippen molar-refractivity contribution in [2.75, 3.05) is 0 Å². The Kier molecular flexibility index (Phi) is 2.18. The number of rotatable bonds is 1. The number of fused-ring (bicyclic) bond motifs is 3. The number of imide groups is 1. The van der Waals surface area contributed by atoms with Crippen LogP contribution in [0.1, 0.15) is 16.7 Å². The first kappa shape index (κ1) is 11.2. The Labute approximate surface area is 115 Å². The van der Waals surface area contributed by atoms with Gasteiger partial charge in [0.05, 0.1) is 5.57 Å². The number of hydrogen-bond donors (Lipinski definition) is 1. The fourth-order valence-corrected chi connectivity index (χ4v) is 2.94. The lowest BCUT2D eigenvalue weighted by Gasteiger charge is -2.05. The Bertz CT molecular complexity index is 802. The minimum absolute atomic E-state index is 0.314. The Morgan fingerprint density at radius 2 is 1.70 bits per heavy atom. The maximum atomic E-state index is 11.7. The van der Waals surface area contributed by atoms with E-state index in [1.807, 2.05) is 30.3 Å². The second-order valence-corrected chi connectivity index (χ2v) is 5.08. The molecular weight excluding hydrogens is 250 g/mol. The van der Waals surface area contributed by atoms with Gasteiger partial charge in [-0.2, -0.15) is 0 Å². The van der Waals surface area contributed by atoms with Crippen LogP contribution in [0.5, 0.6) is 0 Å². The van der Waals surface area contributed by atoms with E-state index in [1.54, 1.807) is 0 Å². The summed E-state index contributed by atoms with van der Waals surface area (Å²) in [4.78, 5) is 22.9. The molecule has 0 saturated carbocycles. The summed E-state index contributed by atoms with van der Waals surface area (Å²) < 4.78 is 0. The van der Waals surface area contributed by atoms with Crippen LogP contribution >= 0.6 is 0 Å². The summed E-state index contributed by atoms with van der Waals surface area (Å²) >= 11 is 0. The topological polar surface area (TPSA) is 46.2 Å². The van der Waals surface area contributed by atoms with Gasteiger partial charge in [-0.05, 0) is 40.3 Å². The lowest BCUT2D eigenvalue weighted by molar-refractivity contribution is -0.123. The second kappa shape index (κ2) is 3.90. The molecule has 96 valence electrons. The van der Waals surface area contributed by atoms with E-state index in [0.717, 1.165) is 12.0 Å². The van der Waals surface area contributed by atoms with Crippen LogP contribution in [0.2, 0.25) is 0 Å². The second-order valence-electron chi connectivity index (χ2n) is 5.08. The van der Waals surface area contributed by atoms with Crippen molar-refractivity contribution in [2.45, 2.75) is 6.42 Å². The van der Waals surface area contributed by atoms with E-state index in [-0.39, 0.29) is 11.8 Å². The molecule has 3 heteroatoms. The summed E-state index contributed by atoms with van der Waals surface area (Å²) in [6.07, 6.45) is 2.24. The summed E-state index contributed by atoms with van der Waals surface area (Å²) in [5, 5.41) is 2.28. The smallest absolute Gasteiger partial charge is 0.258 e. The molecule has 20 heavy (non-hydrogen) atoms. The van der Waals surface area contributed by atoms with Crippen molar-refractivity contribution in [3.63, 3.8) is 0 Å². The molecule has 2 aromatic rings. The molecule has 0 spiro atoms. The highest BCUT2D eigenvalue weighted by Crippen LogP contribution is 2.37. The molecule has 0 bridgehead atoms. The molecule has 3 nitrogen and oxygen atoms in total. The Morgan fingerprint density at radius 3 is 2.50 bits per heavy atom. The largest absolute Gasteiger partial charge is 0.289 e. The van der Waals surface area contributed by atoms with Gasteiger partial charge in [0, 0.05) is 6.08 Å². The zero-order chi connectivity index (χ0) is 13.7. The first-order chi connectivity index (χ1) is 9.72. The molecule has 0 unspecified atom stereocenters. The van der Waals surface area contributed by atoms with Crippen molar-refractivity contribution in [1.82, 2.24) is 5.32 Å². The van der Waals surface area contributed by atoms with Gasteiger partial charge in [0.1, 0.15) is 0 Å². The predicted octanol–water partition coefficient (Wildman–Crippen LogP) is 2.30. The molecule has 0 radical (unpaired) electrons. The van der Waals surface area contributed by atoms with Gasteiger partial charge >= 0.3 is 0 Å². The first-order valence-corrected chi connectivity index (χ1v) is 6.51. The quantitative estimate of drug-likeness (QED) is 0.683. The summed E-state index contributed by atoms with van der Waals surface area (Å²) in [5.41, 5.74) is 6.25. The van der Waals surface area contributed by atoms with Crippen molar-refractivity contribution in [1.29, 1.82) is 0 Å². The van der Waals surface area contributed by atoms with Crippen LogP contribution in [0.25, 0.3) is 16.7 Å². The highest BCUT2D eigenvalue weighted by molar-refractivity contribution is 6.33. The van der Waals surface area contributed by atoms with Gasteiger partial charge in [0.15, 0.2) is 0 Å². The highest BCUT2D eigenvalue weighted by atomic mass is 16.2. The Morgan fingerprint density at radius 1 is 0.900 bits per heavy atom. The van der Waals surface area contributed by atoms with Crippen LogP contribution < -0.4 is 5.32 Å². The predicted molar refractivity (Wildman–Crippen MR) is 75.8 cm³/mol. The molecule has 1 heterocycles. The molecule has 0 fully saturated rings. The zero-order valence-corrected chi connectivity index (χ0v) is 10.6. The van der Waals surface area contributed by atoms with Crippen LogP contribution in [0, 0.1) is 0 Å². The van der Waals surface area contributed by atoms with Crippen molar-refractivity contribution in [2.24, 2.45) is 0 Å². The summed E-state index contributed by atoms with van der Waals surface area (Å²) in [6, 6.07) is 14.3. The van der Waals surface area contributed by atoms with E-state index < -0.39 is 0 Å². The normalized spacial score (nSPS) is 15.7. The van der Waals surface area contributed by atoms with Crippen LogP contribution in [-0.4, -0.2) is 11.8 Å². The maximum Gasteiger partial charge on any atom is 0.258 e. The number of benzene rings is 2. The molecule has 2 aromatic carbocycles. The average Bonchev–Trinajstić information content (AvgIpc) is 2.97. The van der Waals surface area contributed by atoms with E-state index in [9.17, 15) is 9.59 Å². The minimum Gasteiger partial charge on any atom is -0.289 e. The monoisotopic (exact) mass is 261 g/mol. The number of carbonyl (C=O) groups is 2. The third kappa shape index (κ3) is 1.53. The highest BCUT2D eigenvalue weighted by Gasteiger charge is 2.24. The molecular formula is C17H11NO2. The fraction of sp³-hybridized carbons (Fsp3) is 0.0588. The standard InChI is InChI=1S/C17H11NO2/c19-16-9-15(17(20)18-16)11-5-6-14-12(8-11)7-10-3-1-2-4-13(10)14/h1-6,8-9H,7H2,(H,18,19,20). The first-order valence-electron chi connectivity index (χ1n) is 6.51. The van der Waals surface area contributed by atoms with Crippen LogP contribution in [0.15, 0.2) is 48.5 Å². The van der Waals surface area contributed by atoms with E-state index in [0.29, 0.717) is 5.57 Å². The molecule has 0 saturated heterocycles. The number of amides is 2. The summed E-state index contributed by atoms with van der Waals surface area (Å²) in [7, 11) is 0. The van der Waals surface area contributed by atoms with Gasteiger partial charge in [0.2, 0.25) is 0 Å². The zero-order valence-electron chi connectivity index (χ0n) is 10.6.